The van der Waals surface area contributed by atoms with Gasteiger partial charge in [0.1, 0.15) is 5.70 Å². The molecule has 4 aromatic rings. The third kappa shape index (κ3) is 7.94. The van der Waals surface area contributed by atoms with Gasteiger partial charge in [-0.1, -0.05) is 60.7 Å². The Bertz CT molecular complexity index is 1540. The van der Waals surface area contributed by atoms with Crippen molar-refractivity contribution in [1.82, 2.24) is 5.32 Å². The van der Waals surface area contributed by atoms with Gasteiger partial charge in [0.2, 0.25) is 5.91 Å². The predicted molar refractivity (Wildman–Crippen MR) is 163 cm³/mol. The maximum atomic E-state index is 13.3. The first-order chi connectivity index (χ1) is 19.3. The minimum atomic E-state index is -0.462. The smallest absolute Gasteiger partial charge is 0.272 e. The van der Waals surface area contributed by atoms with Crippen LogP contribution in [-0.2, 0) is 9.59 Å². The third-order valence-electron chi connectivity index (χ3n) is 6.19. The molecule has 4 aromatic carbocycles. The van der Waals surface area contributed by atoms with E-state index in [1.54, 1.807) is 36.4 Å². The molecule has 4 rings (SSSR count). The van der Waals surface area contributed by atoms with E-state index < -0.39 is 5.91 Å². The number of benzene rings is 4. The van der Waals surface area contributed by atoms with Crippen molar-refractivity contribution in [3.05, 3.63) is 131 Å². The molecule has 0 aromatic heterocycles. The Kier molecular flexibility index (Phi) is 9.54. The van der Waals surface area contributed by atoms with Gasteiger partial charge in [-0.3, -0.25) is 14.4 Å². The van der Waals surface area contributed by atoms with E-state index in [9.17, 15) is 14.4 Å². The summed E-state index contributed by atoms with van der Waals surface area (Å²) in [5.74, 6) is -0.957. The molecule has 0 bridgehead atoms. The number of aryl methyl sites for hydroxylation is 2. The Morgan fingerprint density at radius 3 is 2.10 bits per heavy atom. The van der Waals surface area contributed by atoms with E-state index in [0.29, 0.717) is 11.3 Å². The first-order valence-electron chi connectivity index (χ1n) is 12.9. The summed E-state index contributed by atoms with van der Waals surface area (Å²) >= 11 is 1.39. The van der Waals surface area contributed by atoms with Crippen molar-refractivity contribution in [2.24, 2.45) is 0 Å². The van der Waals surface area contributed by atoms with E-state index in [1.807, 2.05) is 93.6 Å². The zero-order valence-electron chi connectivity index (χ0n) is 22.6. The van der Waals surface area contributed by atoms with Crippen LogP contribution in [0.5, 0.6) is 0 Å². The summed E-state index contributed by atoms with van der Waals surface area (Å²) in [6.45, 7) is 5.88. The summed E-state index contributed by atoms with van der Waals surface area (Å²) in [5.41, 5.74) is 4.92. The number of nitrogens with one attached hydrogen (secondary N) is 3. The quantitative estimate of drug-likeness (QED) is 0.158. The van der Waals surface area contributed by atoms with Gasteiger partial charge in [0.15, 0.2) is 0 Å². The van der Waals surface area contributed by atoms with Crippen LogP contribution in [0.2, 0.25) is 0 Å². The van der Waals surface area contributed by atoms with Crippen LogP contribution in [0.1, 0.15) is 34.0 Å². The Hall–Kier alpha value is -4.62. The van der Waals surface area contributed by atoms with Gasteiger partial charge in [0.25, 0.3) is 11.8 Å². The summed E-state index contributed by atoms with van der Waals surface area (Å²) in [4.78, 5) is 39.8. The number of rotatable bonds is 9. The molecule has 40 heavy (non-hydrogen) atoms. The molecule has 1 unspecified atom stereocenters. The molecular formula is C33H31N3O3S. The van der Waals surface area contributed by atoms with Crippen molar-refractivity contribution in [2.45, 2.75) is 30.9 Å². The highest BCUT2D eigenvalue weighted by Gasteiger charge is 2.17. The summed E-state index contributed by atoms with van der Waals surface area (Å²) in [6, 6.07) is 31.1. The highest BCUT2D eigenvalue weighted by atomic mass is 32.2. The highest BCUT2D eigenvalue weighted by Crippen LogP contribution is 2.27. The van der Waals surface area contributed by atoms with Crippen LogP contribution in [0, 0.1) is 13.8 Å². The number of anilines is 2. The van der Waals surface area contributed by atoms with E-state index >= 15 is 0 Å². The second-order valence-electron chi connectivity index (χ2n) is 9.32. The minimum Gasteiger partial charge on any atom is -0.325 e. The van der Waals surface area contributed by atoms with Crippen molar-refractivity contribution in [2.75, 3.05) is 10.6 Å². The largest absolute Gasteiger partial charge is 0.325 e. The van der Waals surface area contributed by atoms with Gasteiger partial charge in [-0.2, -0.15) is 0 Å². The summed E-state index contributed by atoms with van der Waals surface area (Å²) in [6.07, 6.45) is 1.63. The summed E-state index contributed by atoms with van der Waals surface area (Å²) in [5, 5.41) is 8.22. The molecular weight excluding hydrogens is 518 g/mol. The normalized spacial score (nSPS) is 11.8. The molecule has 6 nitrogen and oxygen atoms in total. The Morgan fingerprint density at radius 2 is 1.40 bits per heavy atom. The lowest BCUT2D eigenvalue weighted by Crippen LogP contribution is -2.30. The van der Waals surface area contributed by atoms with Crippen molar-refractivity contribution < 1.29 is 14.4 Å². The summed E-state index contributed by atoms with van der Waals surface area (Å²) in [7, 11) is 0. The number of hydrogen-bond acceptors (Lipinski definition) is 4. The maximum absolute atomic E-state index is 13.3. The van der Waals surface area contributed by atoms with Crippen LogP contribution >= 0.6 is 11.8 Å². The first kappa shape index (κ1) is 28.4. The van der Waals surface area contributed by atoms with E-state index in [0.717, 1.165) is 21.7 Å². The van der Waals surface area contributed by atoms with Gasteiger partial charge in [-0.15, -0.1) is 11.8 Å². The predicted octanol–water partition coefficient (Wildman–Crippen LogP) is 6.83. The van der Waals surface area contributed by atoms with Gasteiger partial charge < -0.3 is 16.0 Å². The molecule has 0 heterocycles. The zero-order chi connectivity index (χ0) is 28.5. The number of thioether (sulfide) groups is 1. The van der Waals surface area contributed by atoms with Gasteiger partial charge in [-0.05, 0) is 86.0 Å². The van der Waals surface area contributed by atoms with Gasteiger partial charge >= 0.3 is 0 Å². The SMILES string of the molecule is Cc1ccc(NC(=O)C(C)Sc2cccc(NC(=O)/C(=C/c3ccccc3)NC(=O)c3ccccc3)c2)cc1C. The molecule has 3 amide bonds. The molecule has 0 saturated heterocycles. The molecule has 0 aliphatic carbocycles. The summed E-state index contributed by atoms with van der Waals surface area (Å²) < 4.78 is 0. The second kappa shape index (κ2) is 13.4. The van der Waals surface area contributed by atoms with Gasteiger partial charge in [0, 0.05) is 21.8 Å². The fraction of sp³-hybridized carbons (Fsp3) is 0.121. The molecule has 0 radical (unpaired) electrons. The fourth-order valence-electron chi connectivity index (χ4n) is 3.82. The van der Waals surface area contributed by atoms with Crippen LogP contribution in [0.15, 0.2) is 114 Å². The van der Waals surface area contributed by atoms with E-state index in [2.05, 4.69) is 16.0 Å². The fourth-order valence-corrected chi connectivity index (χ4v) is 4.75. The molecule has 0 saturated carbocycles. The maximum Gasteiger partial charge on any atom is 0.272 e. The van der Waals surface area contributed by atoms with E-state index in [1.165, 1.54) is 17.3 Å². The average Bonchev–Trinajstić information content (AvgIpc) is 2.95. The molecule has 202 valence electrons. The first-order valence-corrected chi connectivity index (χ1v) is 13.8. The molecule has 0 aliphatic heterocycles. The minimum absolute atomic E-state index is 0.110. The molecule has 3 N–H and O–H groups in total. The number of amides is 3. The molecule has 0 spiro atoms. The van der Waals surface area contributed by atoms with Crippen molar-refractivity contribution in [3.8, 4) is 0 Å². The zero-order valence-corrected chi connectivity index (χ0v) is 23.4. The highest BCUT2D eigenvalue weighted by molar-refractivity contribution is 8.00. The lowest BCUT2D eigenvalue weighted by atomic mass is 10.1. The second-order valence-corrected chi connectivity index (χ2v) is 10.7. The van der Waals surface area contributed by atoms with E-state index in [4.69, 9.17) is 0 Å². The Balaban J connectivity index is 1.45. The van der Waals surface area contributed by atoms with E-state index in [-0.39, 0.29) is 22.8 Å². The Labute approximate surface area is 238 Å². The molecule has 0 aliphatic rings. The monoisotopic (exact) mass is 549 g/mol. The Morgan fingerprint density at radius 1 is 0.725 bits per heavy atom. The number of hydrogen-bond donors (Lipinski definition) is 3. The van der Waals surface area contributed by atoms with Crippen molar-refractivity contribution >= 4 is 46.9 Å². The number of carbonyl (C=O) groups excluding carboxylic acids is 3. The molecule has 0 fully saturated rings. The van der Waals surface area contributed by atoms with Crippen LogP contribution in [0.4, 0.5) is 11.4 Å². The van der Waals surface area contributed by atoms with Gasteiger partial charge in [-0.25, -0.2) is 0 Å². The topological polar surface area (TPSA) is 87.3 Å². The molecule has 1 atom stereocenters. The van der Waals surface area contributed by atoms with Crippen molar-refractivity contribution in [3.63, 3.8) is 0 Å². The van der Waals surface area contributed by atoms with Gasteiger partial charge in [0.05, 0.1) is 5.25 Å². The van der Waals surface area contributed by atoms with Crippen LogP contribution in [0.25, 0.3) is 6.08 Å². The third-order valence-corrected chi connectivity index (χ3v) is 7.28. The molecule has 7 heteroatoms. The van der Waals surface area contributed by atoms with Crippen LogP contribution in [0.3, 0.4) is 0 Å². The van der Waals surface area contributed by atoms with Crippen LogP contribution < -0.4 is 16.0 Å². The number of carbonyl (C=O) groups is 3. The van der Waals surface area contributed by atoms with Crippen LogP contribution in [-0.4, -0.2) is 23.0 Å². The van der Waals surface area contributed by atoms with Crippen molar-refractivity contribution in [1.29, 1.82) is 0 Å². The average molecular weight is 550 g/mol. The lowest BCUT2D eigenvalue weighted by Gasteiger charge is -2.14. The standard InChI is InChI=1S/C33H31N3O3S/c1-22-17-18-28(19-23(22)2)34-31(37)24(3)40-29-16-10-15-27(21-29)35-33(39)30(20-25-11-6-4-7-12-25)36-32(38)26-13-8-5-9-14-26/h4-21,24H,1-3H3,(H,34,37)(H,35,39)(H,36,38)/b30-20-. The lowest BCUT2D eigenvalue weighted by molar-refractivity contribution is -0.115.